The summed E-state index contributed by atoms with van der Waals surface area (Å²) in [6, 6.07) is 23.0. The molecule has 4 rings (SSSR count). The first-order valence-electron chi connectivity index (χ1n) is 12.3. The van der Waals surface area contributed by atoms with Crippen molar-refractivity contribution >= 4 is 28.9 Å². The molecule has 37 heavy (non-hydrogen) atoms. The second-order valence-corrected chi connectivity index (χ2v) is 9.33. The Morgan fingerprint density at radius 3 is 2.27 bits per heavy atom. The molecule has 0 fully saturated rings. The third kappa shape index (κ3) is 6.06. The Morgan fingerprint density at radius 2 is 1.59 bits per heavy atom. The predicted octanol–water partition coefficient (Wildman–Crippen LogP) is 5.38. The maximum absolute atomic E-state index is 13.2. The molecule has 0 aliphatic carbocycles. The standard InChI is InChI=1S/C30H33N5O2/c1-20-17-21(2)32-27(18-20)34(4)16-15-31-24-11-13-25(14-12-24)33-30(37)29(36)28-26(19-22(3)35(28)5)23-9-7-6-8-10-23/h6-14,17-19,31H,15-16H2,1-5H3,(H,33,37). The largest absolute Gasteiger partial charge is 0.383 e. The van der Waals surface area contributed by atoms with E-state index in [4.69, 9.17) is 0 Å². The van der Waals surface area contributed by atoms with Crippen LogP contribution in [0.15, 0.2) is 72.8 Å². The lowest BCUT2D eigenvalue weighted by atomic mass is 10.0. The van der Waals surface area contributed by atoms with Crippen LogP contribution in [0.5, 0.6) is 0 Å². The number of aryl methyl sites for hydroxylation is 3. The van der Waals surface area contributed by atoms with Crippen molar-refractivity contribution < 1.29 is 9.59 Å². The fraction of sp³-hybridized carbons (Fsp3) is 0.233. The van der Waals surface area contributed by atoms with Gasteiger partial charge in [0.05, 0.1) is 0 Å². The fourth-order valence-corrected chi connectivity index (χ4v) is 4.31. The number of hydrogen-bond acceptors (Lipinski definition) is 5. The average Bonchev–Trinajstić information content (AvgIpc) is 3.18. The number of pyridine rings is 1. The number of ketones is 1. The van der Waals surface area contributed by atoms with Gasteiger partial charge < -0.3 is 20.1 Å². The molecule has 0 aliphatic heterocycles. The molecule has 2 N–H and O–H groups in total. The van der Waals surface area contributed by atoms with Gasteiger partial charge in [-0.25, -0.2) is 4.98 Å². The van der Waals surface area contributed by atoms with E-state index >= 15 is 0 Å². The summed E-state index contributed by atoms with van der Waals surface area (Å²) in [5.41, 5.74) is 6.62. The van der Waals surface area contributed by atoms with Gasteiger partial charge in [0.1, 0.15) is 11.5 Å². The molecule has 0 atom stereocenters. The highest BCUT2D eigenvalue weighted by Crippen LogP contribution is 2.27. The number of carbonyl (C=O) groups is 2. The Morgan fingerprint density at radius 1 is 0.919 bits per heavy atom. The lowest BCUT2D eigenvalue weighted by molar-refractivity contribution is -0.112. The van der Waals surface area contributed by atoms with Crippen molar-refractivity contribution in [1.29, 1.82) is 0 Å². The number of aromatic nitrogens is 2. The predicted molar refractivity (Wildman–Crippen MR) is 150 cm³/mol. The van der Waals surface area contributed by atoms with Gasteiger partial charge >= 0.3 is 0 Å². The molecule has 190 valence electrons. The van der Waals surface area contributed by atoms with E-state index < -0.39 is 11.7 Å². The number of rotatable bonds is 9. The van der Waals surface area contributed by atoms with E-state index in [0.717, 1.165) is 47.1 Å². The number of carbonyl (C=O) groups excluding carboxylic acids is 2. The van der Waals surface area contributed by atoms with Crippen LogP contribution < -0.4 is 15.5 Å². The van der Waals surface area contributed by atoms with E-state index in [2.05, 4.69) is 39.6 Å². The highest BCUT2D eigenvalue weighted by Gasteiger charge is 2.25. The maximum Gasteiger partial charge on any atom is 0.298 e. The minimum absolute atomic E-state index is 0.377. The van der Waals surface area contributed by atoms with Crippen molar-refractivity contribution in [2.75, 3.05) is 35.7 Å². The maximum atomic E-state index is 13.2. The summed E-state index contributed by atoms with van der Waals surface area (Å²) in [5.74, 6) is -0.285. The van der Waals surface area contributed by atoms with Crippen LogP contribution in [0.25, 0.3) is 11.1 Å². The second-order valence-electron chi connectivity index (χ2n) is 9.33. The quantitative estimate of drug-likeness (QED) is 0.241. The molecule has 1 amide bonds. The lowest BCUT2D eigenvalue weighted by Crippen LogP contribution is -2.26. The monoisotopic (exact) mass is 495 g/mol. The molecular weight excluding hydrogens is 462 g/mol. The Bertz CT molecular complexity index is 1390. The molecular formula is C30H33N5O2. The number of nitrogens with zero attached hydrogens (tertiary/aromatic N) is 3. The summed E-state index contributed by atoms with van der Waals surface area (Å²) in [5, 5.41) is 6.13. The number of Topliss-reactive ketones (excluding diaryl/α,β-unsaturated/α-hetero) is 1. The zero-order valence-corrected chi connectivity index (χ0v) is 22.0. The Hall–Kier alpha value is -4.39. The van der Waals surface area contributed by atoms with Gasteiger partial charge in [0.25, 0.3) is 11.7 Å². The smallest absolute Gasteiger partial charge is 0.298 e. The first kappa shape index (κ1) is 25.7. The fourth-order valence-electron chi connectivity index (χ4n) is 4.31. The van der Waals surface area contributed by atoms with Crippen LogP contribution in [0.2, 0.25) is 0 Å². The molecule has 2 heterocycles. The first-order chi connectivity index (χ1) is 17.7. The molecule has 0 radical (unpaired) electrons. The van der Waals surface area contributed by atoms with Gasteiger partial charge in [-0.15, -0.1) is 0 Å². The van der Waals surface area contributed by atoms with Gasteiger partial charge in [-0.2, -0.15) is 0 Å². The molecule has 2 aromatic heterocycles. The second kappa shape index (κ2) is 11.1. The van der Waals surface area contributed by atoms with Crippen molar-refractivity contribution in [1.82, 2.24) is 9.55 Å². The molecule has 0 unspecified atom stereocenters. The lowest BCUT2D eigenvalue weighted by Gasteiger charge is -2.20. The SMILES string of the molecule is Cc1cc(C)nc(N(C)CCNc2ccc(NC(=O)C(=O)c3c(-c4ccccc4)cc(C)n3C)cc2)c1. The van der Waals surface area contributed by atoms with E-state index in [1.165, 1.54) is 5.56 Å². The van der Waals surface area contributed by atoms with E-state index in [9.17, 15) is 9.59 Å². The molecule has 0 saturated heterocycles. The number of likely N-dealkylation sites (N-methyl/N-ethyl adjacent to an activating group) is 1. The summed E-state index contributed by atoms with van der Waals surface area (Å²) in [6.45, 7) is 7.50. The van der Waals surface area contributed by atoms with Crippen LogP contribution in [0.1, 0.15) is 27.4 Å². The van der Waals surface area contributed by atoms with Gasteiger partial charge in [0.2, 0.25) is 0 Å². The average molecular weight is 496 g/mol. The first-order valence-corrected chi connectivity index (χ1v) is 12.3. The van der Waals surface area contributed by atoms with Gasteiger partial charge in [-0.1, -0.05) is 30.3 Å². The Balaban J connectivity index is 1.36. The van der Waals surface area contributed by atoms with Crippen LogP contribution in [-0.2, 0) is 11.8 Å². The highest BCUT2D eigenvalue weighted by molar-refractivity contribution is 6.47. The zero-order chi connectivity index (χ0) is 26.5. The summed E-state index contributed by atoms with van der Waals surface area (Å²) in [6.07, 6.45) is 0. The molecule has 7 heteroatoms. The summed E-state index contributed by atoms with van der Waals surface area (Å²) in [7, 11) is 3.83. The molecule has 0 aliphatic rings. The molecule has 2 aromatic carbocycles. The number of hydrogen-bond donors (Lipinski definition) is 2. The highest BCUT2D eigenvalue weighted by atomic mass is 16.2. The molecule has 0 bridgehead atoms. The van der Waals surface area contributed by atoms with Gasteiger partial charge in [0.15, 0.2) is 0 Å². The minimum Gasteiger partial charge on any atom is -0.383 e. The minimum atomic E-state index is -0.665. The van der Waals surface area contributed by atoms with Crippen molar-refractivity contribution in [3.8, 4) is 11.1 Å². The van der Waals surface area contributed by atoms with Crippen LogP contribution in [-0.4, -0.2) is 41.4 Å². The van der Waals surface area contributed by atoms with Crippen LogP contribution in [0.4, 0.5) is 17.2 Å². The molecule has 4 aromatic rings. The third-order valence-corrected chi connectivity index (χ3v) is 6.37. The summed E-state index contributed by atoms with van der Waals surface area (Å²) < 4.78 is 1.77. The van der Waals surface area contributed by atoms with E-state index in [1.807, 2.05) is 69.4 Å². The normalized spacial score (nSPS) is 10.7. The van der Waals surface area contributed by atoms with Gasteiger partial charge in [-0.3, -0.25) is 9.59 Å². The van der Waals surface area contributed by atoms with Gasteiger partial charge in [0, 0.05) is 55.5 Å². The van der Waals surface area contributed by atoms with E-state index in [1.54, 1.807) is 23.7 Å². The van der Waals surface area contributed by atoms with E-state index in [-0.39, 0.29) is 0 Å². The Labute approximate surface area is 218 Å². The van der Waals surface area contributed by atoms with E-state index in [0.29, 0.717) is 11.4 Å². The van der Waals surface area contributed by atoms with Crippen molar-refractivity contribution in [3.63, 3.8) is 0 Å². The summed E-state index contributed by atoms with van der Waals surface area (Å²) in [4.78, 5) is 32.7. The molecule has 7 nitrogen and oxygen atoms in total. The van der Waals surface area contributed by atoms with Crippen LogP contribution >= 0.6 is 0 Å². The number of anilines is 3. The van der Waals surface area contributed by atoms with Crippen LogP contribution in [0.3, 0.4) is 0 Å². The zero-order valence-electron chi connectivity index (χ0n) is 22.0. The number of benzene rings is 2. The van der Waals surface area contributed by atoms with Crippen LogP contribution in [0, 0.1) is 20.8 Å². The number of amides is 1. The van der Waals surface area contributed by atoms with Crippen molar-refractivity contribution in [3.05, 3.63) is 95.4 Å². The van der Waals surface area contributed by atoms with Crippen molar-refractivity contribution in [2.24, 2.45) is 7.05 Å². The number of nitrogens with one attached hydrogen (secondary N) is 2. The topological polar surface area (TPSA) is 79.3 Å². The summed E-state index contributed by atoms with van der Waals surface area (Å²) >= 11 is 0. The Kier molecular flexibility index (Phi) is 7.72. The third-order valence-electron chi connectivity index (χ3n) is 6.37. The molecule has 0 saturated carbocycles. The van der Waals surface area contributed by atoms with Gasteiger partial charge in [-0.05, 0) is 74.4 Å². The molecule has 0 spiro atoms. The van der Waals surface area contributed by atoms with Crippen molar-refractivity contribution in [2.45, 2.75) is 20.8 Å².